The molecule has 4 rings (SSSR count). The number of nitrogens with zero attached hydrogens (tertiary/aromatic N) is 4. The summed E-state index contributed by atoms with van der Waals surface area (Å²) in [5, 5.41) is 9.28. The van der Waals surface area contributed by atoms with Gasteiger partial charge in [-0.25, -0.2) is 0 Å². The van der Waals surface area contributed by atoms with Crippen molar-refractivity contribution < 1.29 is 13.9 Å². The van der Waals surface area contributed by atoms with Gasteiger partial charge in [0.2, 0.25) is 23.2 Å². The van der Waals surface area contributed by atoms with E-state index in [1.807, 2.05) is 43.3 Å². The highest BCUT2D eigenvalue weighted by Gasteiger charge is 2.36. The van der Waals surface area contributed by atoms with Crippen LogP contribution in [-0.2, 0) is 4.79 Å². The Labute approximate surface area is 179 Å². The van der Waals surface area contributed by atoms with Crippen LogP contribution in [0.1, 0.15) is 50.9 Å². The smallest absolute Gasteiger partial charge is 0.247 e. The highest BCUT2D eigenvalue weighted by molar-refractivity contribution is 7.99. The Hall–Kier alpha value is -2.87. The summed E-state index contributed by atoms with van der Waals surface area (Å²) >= 11 is 1.56. The third kappa shape index (κ3) is 4.05. The normalized spacial score (nSPS) is 15.2. The average molecular weight is 425 g/mol. The van der Waals surface area contributed by atoms with Crippen molar-refractivity contribution in [1.82, 2.24) is 15.2 Å². The second-order valence-electron chi connectivity index (χ2n) is 7.13. The third-order valence-corrected chi connectivity index (χ3v) is 5.76. The molecule has 1 aliphatic heterocycles. The lowest BCUT2D eigenvalue weighted by molar-refractivity contribution is -0.118. The lowest BCUT2D eigenvalue weighted by Crippen LogP contribution is -2.35. The molecule has 2 aromatic heterocycles. The summed E-state index contributed by atoms with van der Waals surface area (Å²) in [6.45, 7) is 5.54. The van der Waals surface area contributed by atoms with Crippen molar-refractivity contribution in [1.29, 1.82) is 0 Å². The van der Waals surface area contributed by atoms with Gasteiger partial charge in [0.05, 0.1) is 5.69 Å². The molecule has 1 aliphatic rings. The van der Waals surface area contributed by atoms with Crippen LogP contribution in [0.4, 0.5) is 5.69 Å². The number of anilines is 1. The van der Waals surface area contributed by atoms with Crippen LogP contribution < -0.4 is 9.64 Å². The Bertz CT molecular complexity index is 1050. The zero-order valence-electron chi connectivity index (χ0n) is 17.3. The molecular formula is C22H24N4O3S. The quantitative estimate of drug-likeness (QED) is 0.399. The largest absolute Gasteiger partial charge is 0.460 e. The van der Waals surface area contributed by atoms with Gasteiger partial charge >= 0.3 is 0 Å². The summed E-state index contributed by atoms with van der Waals surface area (Å²) < 4.78 is 12.1. The van der Waals surface area contributed by atoms with Crippen LogP contribution in [0.25, 0.3) is 11.3 Å². The molecule has 0 aliphatic carbocycles. The first-order valence-corrected chi connectivity index (χ1v) is 11.1. The lowest BCUT2D eigenvalue weighted by atomic mass is 10.1. The van der Waals surface area contributed by atoms with E-state index in [-0.39, 0.29) is 5.91 Å². The van der Waals surface area contributed by atoms with E-state index in [0.717, 1.165) is 29.9 Å². The molecule has 0 saturated heterocycles. The Kier molecular flexibility index (Phi) is 6.03. The van der Waals surface area contributed by atoms with Crippen LogP contribution in [0.15, 0.2) is 46.0 Å². The van der Waals surface area contributed by atoms with E-state index in [1.165, 1.54) is 13.3 Å². The Morgan fingerprint density at radius 2 is 2.00 bits per heavy atom. The van der Waals surface area contributed by atoms with Crippen LogP contribution in [-0.4, -0.2) is 26.8 Å². The molecular weight excluding hydrogens is 400 g/mol. The zero-order valence-corrected chi connectivity index (χ0v) is 18.1. The molecule has 0 saturated carbocycles. The number of carbonyl (C=O) groups is 1. The maximum Gasteiger partial charge on any atom is 0.247 e. The van der Waals surface area contributed by atoms with Gasteiger partial charge < -0.3 is 9.15 Å². The SMILES string of the molecule is CCCCCSc1nnc2c(n1)O[C@@H](c1ccc(C)o1)N(C(C)=O)c1ccccc1-2. The van der Waals surface area contributed by atoms with Crippen molar-refractivity contribution in [3.63, 3.8) is 0 Å². The minimum Gasteiger partial charge on any atom is -0.460 e. The Balaban J connectivity index is 1.78. The number of thioether (sulfide) groups is 1. The molecule has 0 fully saturated rings. The van der Waals surface area contributed by atoms with Gasteiger partial charge in [0.1, 0.15) is 5.76 Å². The molecule has 3 aromatic rings. The lowest BCUT2D eigenvalue weighted by Gasteiger charge is -2.28. The number of hydrogen-bond acceptors (Lipinski definition) is 7. The van der Waals surface area contributed by atoms with Crippen LogP contribution in [0.2, 0.25) is 0 Å². The summed E-state index contributed by atoms with van der Waals surface area (Å²) in [6.07, 6.45) is 2.64. The molecule has 156 valence electrons. The fourth-order valence-corrected chi connectivity index (χ4v) is 4.18. The van der Waals surface area contributed by atoms with E-state index in [0.29, 0.717) is 28.2 Å². The molecule has 1 amide bonds. The number of benzene rings is 1. The molecule has 0 radical (unpaired) electrons. The maximum atomic E-state index is 12.7. The van der Waals surface area contributed by atoms with Crippen molar-refractivity contribution in [2.75, 3.05) is 10.7 Å². The second kappa shape index (κ2) is 8.87. The predicted octanol–water partition coefficient (Wildman–Crippen LogP) is 5.17. The van der Waals surface area contributed by atoms with Gasteiger partial charge in [-0.1, -0.05) is 49.7 Å². The summed E-state index contributed by atoms with van der Waals surface area (Å²) in [5.41, 5.74) is 1.94. The van der Waals surface area contributed by atoms with E-state index in [9.17, 15) is 4.79 Å². The van der Waals surface area contributed by atoms with Gasteiger partial charge in [-0.15, -0.1) is 10.2 Å². The molecule has 7 nitrogen and oxygen atoms in total. The van der Waals surface area contributed by atoms with Crippen LogP contribution in [0.3, 0.4) is 0 Å². The first kappa shape index (κ1) is 20.4. The van der Waals surface area contributed by atoms with Crippen molar-refractivity contribution in [3.8, 4) is 17.1 Å². The number of aromatic nitrogens is 3. The van der Waals surface area contributed by atoms with Crippen LogP contribution in [0, 0.1) is 6.92 Å². The second-order valence-corrected chi connectivity index (χ2v) is 8.19. The Morgan fingerprint density at radius 3 is 2.73 bits per heavy atom. The number of rotatable bonds is 6. The number of furan rings is 1. The summed E-state index contributed by atoms with van der Waals surface area (Å²) in [5.74, 6) is 2.37. The van der Waals surface area contributed by atoms with E-state index in [2.05, 4.69) is 22.1 Å². The van der Waals surface area contributed by atoms with E-state index in [4.69, 9.17) is 9.15 Å². The van der Waals surface area contributed by atoms with Gasteiger partial charge in [0.25, 0.3) is 0 Å². The topological polar surface area (TPSA) is 81.3 Å². The number of amides is 1. The minimum atomic E-state index is -0.784. The van der Waals surface area contributed by atoms with E-state index in [1.54, 1.807) is 16.7 Å². The van der Waals surface area contributed by atoms with Crippen LogP contribution in [0.5, 0.6) is 5.88 Å². The molecule has 0 N–H and O–H groups in total. The number of fused-ring (bicyclic) bond motifs is 3. The molecule has 0 bridgehead atoms. The summed E-state index contributed by atoms with van der Waals surface area (Å²) in [6, 6.07) is 11.2. The van der Waals surface area contributed by atoms with Gasteiger partial charge in [-0.2, -0.15) is 4.98 Å². The number of para-hydroxylation sites is 1. The van der Waals surface area contributed by atoms with E-state index < -0.39 is 6.23 Å². The number of hydrogen-bond donors (Lipinski definition) is 0. The molecule has 30 heavy (non-hydrogen) atoms. The van der Waals surface area contributed by atoms with Gasteiger partial charge in [0, 0.05) is 18.2 Å². The monoisotopic (exact) mass is 424 g/mol. The molecule has 8 heteroatoms. The maximum absolute atomic E-state index is 12.7. The molecule has 1 aromatic carbocycles. The molecule has 3 heterocycles. The van der Waals surface area contributed by atoms with Gasteiger partial charge in [-0.3, -0.25) is 9.69 Å². The number of aryl methyl sites for hydroxylation is 1. The zero-order chi connectivity index (χ0) is 21.1. The molecule has 0 spiro atoms. The molecule has 0 unspecified atom stereocenters. The Morgan fingerprint density at radius 1 is 1.17 bits per heavy atom. The van der Waals surface area contributed by atoms with Crippen LogP contribution >= 0.6 is 11.8 Å². The third-order valence-electron chi connectivity index (χ3n) is 4.83. The highest BCUT2D eigenvalue weighted by atomic mass is 32.2. The number of ether oxygens (including phenoxy) is 1. The number of carbonyl (C=O) groups excluding carboxylic acids is 1. The average Bonchev–Trinajstić information content (AvgIpc) is 3.11. The standard InChI is InChI=1S/C22H24N4O3S/c1-4-5-8-13-30-22-23-20-19(24-25-22)16-9-6-7-10-17(16)26(15(3)27)21(29-20)18-12-11-14(2)28-18/h6-7,9-12,21H,4-5,8,13H2,1-3H3/t21-/m0/s1. The van der Waals surface area contributed by atoms with Crippen molar-refractivity contribution in [2.24, 2.45) is 0 Å². The first-order chi connectivity index (χ1) is 14.6. The minimum absolute atomic E-state index is 0.170. The van der Waals surface area contributed by atoms with Crippen molar-refractivity contribution in [3.05, 3.63) is 47.9 Å². The highest BCUT2D eigenvalue weighted by Crippen LogP contribution is 2.43. The van der Waals surface area contributed by atoms with Crippen molar-refractivity contribution >= 4 is 23.4 Å². The predicted molar refractivity (Wildman–Crippen MR) is 115 cm³/mol. The van der Waals surface area contributed by atoms with Gasteiger partial charge in [-0.05, 0) is 31.5 Å². The van der Waals surface area contributed by atoms with E-state index >= 15 is 0 Å². The van der Waals surface area contributed by atoms with Gasteiger partial charge in [0.15, 0.2) is 11.5 Å². The van der Waals surface area contributed by atoms with Crippen molar-refractivity contribution in [2.45, 2.75) is 51.4 Å². The summed E-state index contributed by atoms with van der Waals surface area (Å²) in [7, 11) is 0. The summed E-state index contributed by atoms with van der Waals surface area (Å²) in [4.78, 5) is 18.9. The number of unbranched alkanes of at least 4 members (excludes halogenated alkanes) is 2. The first-order valence-electron chi connectivity index (χ1n) is 10.1. The fraction of sp³-hybridized carbons (Fsp3) is 0.364. The fourth-order valence-electron chi connectivity index (χ4n) is 3.40. The molecule has 1 atom stereocenters.